The monoisotopic (exact) mass is 345 g/mol. The molecule has 0 fully saturated rings. The maximum Gasteiger partial charge on any atom is 0.280 e. The van der Waals surface area contributed by atoms with Gasteiger partial charge < -0.3 is 10.3 Å². The van der Waals surface area contributed by atoms with E-state index in [9.17, 15) is 4.79 Å². The third-order valence-corrected chi connectivity index (χ3v) is 3.74. The van der Waals surface area contributed by atoms with Gasteiger partial charge in [0.25, 0.3) is 5.91 Å². The van der Waals surface area contributed by atoms with Crippen LogP contribution >= 0.6 is 11.6 Å². The van der Waals surface area contributed by atoms with Crippen molar-refractivity contribution in [2.24, 2.45) is 5.73 Å². The van der Waals surface area contributed by atoms with Crippen LogP contribution in [0, 0.1) is 0 Å². The van der Waals surface area contributed by atoms with E-state index in [-0.39, 0.29) is 11.6 Å². The summed E-state index contributed by atoms with van der Waals surface area (Å²) >= 11 is 6.18. The van der Waals surface area contributed by atoms with Gasteiger partial charge in [-0.05, 0) is 11.6 Å². The first-order chi connectivity index (χ1) is 11.7. The van der Waals surface area contributed by atoms with E-state index >= 15 is 0 Å². The van der Waals surface area contributed by atoms with E-state index in [1.165, 1.54) is 4.68 Å². The second-order valence-corrected chi connectivity index (χ2v) is 5.49. The van der Waals surface area contributed by atoms with Crippen LogP contribution in [0.1, 0.15) is 16.1 Å². The van der Waals surface area contributed by atoms with Gasteiger partial charge in [-0.1, -0.05) is 35.0 Å². The third-order valence-electron chi connectivity index (χ3n) is 3.37. The highest BCUT2D eigenvalue weighted by Crippen LogP contribution is 2.18. The predicted octanol–water partition coefficient (Wildman–Crippen LogP) is 1.39. The zero-order valence-electron chi connectivity index (χ0n) is 12.8. The number of hydrogen-bond acceptors (Lipinski definition) is 5. The quantitative estimate of drug-likeness (QED) is 0.702. The summed E-state index contributed by atoms with van der Waals surface area (Å²) in [6.45, 7) is 1.42. The maximum atomic E-state index is 12.3. The molecule has 3 aromatic rings. The van der Waals surface area contributed by atoms with Crippen LogP contribution in [0.15, 0.2) is 42.9 Å². The molecule has 1 aromatic carbocycles. The minimum atomic E-state index is -0.384. The first kappa shape index (κ1) is 16.2. The number of halogens is 1. The number of aromatic nitrogens is 5. The van der Waals surface area contributed by atoms with Gasteiger partial charge in [-0.25, -0.2) is 4.98 Å². The Bertz CT molecular complexity index is 842. The topological polar surface area (TPSA) is 104 Å². The molecule has 0 spiro atoms. The molecule has 0 radical (unpaired) electrons. The minimum Gasteiger partial charge on any atom is -0.329 e. The second kappa shape index (κ2) is 7.24. The molecule has 124 valence electrons. The second-order valence-electron chi connectivity index (χ2n) is 5.08. The molecule has 0 aliphatic rings. The van der Waals surface area contributed by atoms with Crippen molar-refractivity contribution in [3.8, 4) is 0 Å². The van der Waals surface area contributed by atoms with Gasteiger partial charge in [0.05, 0.1) is 19.3 Å². The van der Waals surface area contributed by atoms with Crippen molar-refractivity contribution in [2.75, 3.05) is 11.9 Å². The molecule has 0 atom stereocenters. The number of hydrogen-bond donors (Lipinski definition) is 2. The Morgan fingerprint density at radius 1 is 1.33 bits per heavy atom. The zero-order chi connectivity index (χ0) is 16.9. The van der Waals surface area contributed by atoms with Crippen LogP contribution in [-0.4, -0.2) is 37.0 Å². The number of nitrogens with zero attached hydrogens (tertiary/aromatic N) is 5. The highest BCUT2D eigenvalue weighted by molar-refractivity contribution is 6.31. The predicted molar refractivity (Wildman–Crippen MR) is 89.8 cm³/mol. The molecule has 0 unspecified atom stereocenters. The molecule has 3 N–H and O–H groups in total. The molecule has 1 amide bonds. The smallest absolute Gasteiger partial charge is 0.280 e. The van der Waals surface area contributed by atoms with Crippen LogP contribution < -0.4 is 11.1 Å². The lowest BCUT2D eigenvalue weighted by Gasteiger charge is -2.09. The molecule has 9 heteroatoms. The van der Waals surface area contributed by atoms with Gasteiger partial charge >= 0.3 is 0 Å². The van der Waals surface area contributed by atoms with Crippen molar-refractivity contribution < 1.29 is 4.79 Å². The molecule has 8 nitrogen and oxygen atoms in total. The van der Waals surface area contributed by atoms with Gasteiger partial charge in [-0.2, -0.15) is 0 Å². The Morgan fingerprint density at radius 2 is 2.17 bits per heavy atom. The number of nitrogens with two attached hydrogens (primary N) is 1. The number of imidazole rings is 1. The standard InChI is InChI=1S/C15H16ClN7O/c16-12-4-2-1-3-11(12)9-22-8-6-18-15(22)19-14(24)13-10-23(7-5-17)21-20-13/h1-4,6,8,10H,5,7,9,17H2,(H,18,19,24). The molecule has 3 rings (SSSR count). The molecule has 0 saturated carbocycles. The highest BCUT2D eigenvalue weighted by atomic mass is 35.5. The Hall–Kier alpha value is -2.71. The van der Waals surface area contributed by atoms with E-state index in [0.717, 1.165) is 5.56 Å². The first-order valence-electron chi connectivity index (χ1n) is 7.33. The summed E-state index contributed by atoms with van der Waals surface area (Å²) < 4.78 is 3.31. The summed E-state index contributed by atoms with van der Waals surface area (Å²) in [7, 11) is 0. The molecule has 0 aliphatic heterocycles. The Balaban J connectivity index is 1.73. The van der Waals surface area contributed by atoms with E-state index in [4.69, 9.17) is 17.3 Å². The number of benzene rings is 1. The lowest BCUT2D eigenvalue weighted by atomic mass is 10.2. The molecular formula is C15H16ClN7O. The van der Waals surface area contributed by atoms with Gasteiger partial charge in [-0.3, -0.25) is 14.8 Å². The SMILES string of the molecule is NCCn1cc(C(=O)Nc2nccn2Cc2ccccc2Cl)nn1. The van der Waals surface area contributed by atoms with Crippen molar-refractivity contribution in [1.29, 1.82) is 0 Å². The minimum absolute atomic E-state index is 0.204. The van der Waals surface area contributed by atoms with E-state index in [1.54, 1.807) is 23.2 Å². The summed E-state index contributed by atoms with van der Waals surface area (Å²) in [5.74, 6) is 0.0261. The van der Waals surface area contributed by atoms with Crippen molar-refractivity contribution in [1.82, 2.24) is 24.5 Å². The maximum absolute atomic E-state index is 12.3. The van der Waals surface area contributed by atoms with Crippen molar-refractivity contribution in [3.05, 3.63) is 59.1 Å². The van der Waals surface area contributed by atoms with Crippen LogP contribution in [0.2, 0.25) is 5.02 Å². The molecule has 0 bridgehead atoms. The van der Waals surface area contributed by atoms with Crippen molar-refractivity contribution in [3.63, 3.8) is 0 Å². The number of amides is 1. The fourth-order valence-electron chi connectivity index (χ4n) is 2.18. The molecular weight excluding hydrogens is 330 g/mol. The van der Waals surface area contributed by atoms with Gasteiger partial charge in [0, 0.05) is 24.0 Å². The highest BCUT2D eigenvalue weighted by Gasteiger charge is 2.14. The number of carbonyl (C=O) groups excluding carboxylic acids is 1. The molecule has 0 saturated heterocycles. The lowest BCUT2D eigenvalue weighted by Crippen LogP contribution is -2.17. The van der Waals surface area contributed by atoms with Crippen LogP contribution in [0.5, 0.6) is 0 Å². The van der Waals surface area contributed by atoms with Crippen molar-refractivity contribution in [2.45, 2.75) is 13.1 Å². The van der Waals surface area contributed by atoms with E-state index in [1.807, 2.05) is 24.3 Å². The Morgan fingerprint density at radius 3 is 2.96 bits per heavy atom. The zero-order valence-corrected chi connectivity index (χ0v) is 13.5. The number of carbonyl (C=O) groups is 1. The molecule has 0 aliphatic carbocycles. The summed E-state index contributed by atoms with van der Waals surface area (Å²) in [6.07, 6.45) is 4.92. The van der Waals surface area contributed by atoms with Crippen LogP contribution in [0.25, 0.3) is 0 Å². The summed E-state index contributed by atoms with van der Waals surface area (Å²) in [4.78, 5) is 16.4. The average Bonchev–Trinajstić information content (AvgIpc) is 3.20. The number of anilines is 1. The van der Waals surface area contributed by atoms with Crippen LogP contribution in [-0.2, 0) is 13.1 Å². The fourth-order valence-corrected chi connectivity index (χ4v) is 2.38. The molecule has 24 heavy (non-hydrogen) atoms. The Labute approximate surface area is 143 Å². The van der Waals surface area contributed by atoms with Crippen molar-refractivity contribution >= 4 is 23.5 Å². The fraction of sp³-hybridized carbons (Fsp3) is 0.200. The van der Waals surface area contributed by atoms with E-state index < -0.39 is 0 Å². The summed E-state index contributed by atoms with van der Waals surface area (Å²) in [6, 6.07) is 7.52. The molecule has 2 aromatic heterocycles. The van der Waals surface area contributed by atoms with Crippen LogP contribution in [0.3, 0.4) is 0 Å². The Kier molecular flexibility index (Phi) is 4.88. The summed E-state index contributed by atoms with van der Waals surface area (Å²) in [5.41, 5.74) is 6.58. The third kappa shape index (κ3) is 3.61. The van der Waals surface area contributed by atoms with Gasteiger partial charge in [-0.15, -0.1) is 5.10 Å². The number of rotatable bonds is 6. The normalized spacial score (nSPS) is 10.8. The van der Waals surface area contributed by atoms with Crippen LogP contribution in [0.4, 0.5) is 5.95 Å². The molecule has 2 heterocycles. The largest absolute Gasteiger partial charge is 0.329 e. The van der Waals surface area contributed by atoms with Gasteiger partial charge in [0.15, 0.2) is 5.69 Å². The van der Waals surface area contributed by atoms with Gasteiger partial charge in [0.2, 0.25) is 5.95 Å². The van der Waals surface area contributed by atoms with E-state index in [0.29, 0.717) is 30.6 Å². The van der Waals surface area contributed by atoms with E-state index in [2.05, 4.69) is 20.6 Å². The number of nitrogens with one attached hydrogen (secondary N) is 1. The lowest BCUT2D eigenvalue weighted by molar-refractivity contribution is 0.102. The summed E-state index contributed by atoms with van der Waals surface area (Å²) in [5, 5.41) is 11.1. The average molecular weight is 346 g/mol. The van der Waals surface area contributed by atoms with Gasteiger partial charge in [0.1, 0.15) is 0 Å². The first-order valence-corrected chi connectivity index (χ1v) is 7.71.